The third-order valence-corrected chi connectivity index (χ3v) is 5.51. The van der Waals surface area contributed by atoms with Gasteiger partial charge in [-0.1, -0.05) is 0 Å². The number of anilines is 1. The molecule has 1 N–H and O–H groups in total. The van der Waals surface area contributed by atoms with Gasteiger partial charge in [0.25, 0.3) is 5.70 Å². The van der Waals surface area contributed by atoms with E-state index in [1.165, 1.54) is 12.1 Å². The second kappa shape index (κ2) is 7.69. The van der Waals surface area contributed by atoms with Crippen LogP contribution in [0.3, 0.4) is 0 Å². The lowest BCUT2D eigenvalue weighted by Crippen LogP contribution is -2.53. The second-order valence-corrected chi connectivity index (χ2v) is 7.16. The zero-order valence-corrected chi connectivity index (χ0v) is 15.4. The molecule has 1 amide bonds. The summed E-state index contributed by atoms with van der Waals surface area (Å²) < 4.78 is 13.1. The minimum atomic E-state index is -0.377. The average molecular weight is 387 g/mol. The first kappa shape index (κ1) is 18.6. The molecule has 1 atom stereocenters. The summed E-state index contributed by atoms with van der Waals surface area (Å²) in [6.45, 7) is 3.40. The fourth-order valence-electron chi connectivity index (χ4n) is 3.93. The lowest BCUT2D eigenvalue weighted by atomic mass is 9.98. The minimum Gasteiger partial charge on any atom is -0.368 e. The summed E-state index contributed by atoms with van der Waals surface area (Å²) in [6, 6.07) is 6.39. The summed E-state index contributed by atoms with van der Waals surface area (Å²) in [5, 5.41) is 12.8. The Morgan fingerprint density at radius 2 is 1.93 bits per heavy atom. The Bertz CT molecular complexity index is 830. The summed E-state index contributed by atoms with van der Waals surface area (Å²) in [4.78, 5) is 27.3. The summed E-state index contributed by atoms with van der Waals surface area (Å²) in [6.07, 6.45) is 3.74. The molecular weight excluding hydrogens is 365 g/mol. The first-order valence-corrected chi connectivity index (χ1v) is 9.35. The number of carbonyl (C=O) groups is 1. The van der Waals surface area contributed by atoms with Crippen LogP contribution in [0.25, 0.3) is 0 Å². The summed E-state index contributed by atoms with van der Waals surface area (Å²) in [5.41, 5.74) is 5.21. The lowest BCUT2D eigenvalue weighted by Gasteiger charge is -2.37. The fourth-order valence-corrected chi connectivity index (χ4v) is 3.93. The van der Waals surface area contributed by atoms with E-state index < -0.39 is 0 Å². The molecule has 3 aliphatic rings. The lowest BCUT2D eigenvalue weighted by molar-refractivity contribution is -0.419. The van der Waals surface area contributed by atoms with Crippen LogP contribution in [0.5, 0.6) is 0 Å². The number of halogens is 1. The largest absolute Gasteiger partial charge is 0.368 e. The van der Waals surface area contributed by atoms with Crippen LogP contribution in [-0.2, 0) is 4.79 Å². The van der Waals surface area contributed by atoms with Crippen LogP contribution in [0.15, 0.2) is 47.7 Å². The molecule has 0 unspecified atom stereocenters. The molecule has 1 aliphatic carbocycles. The van der Waals surface area contributed by atoms with Crippen molar-refractivity contribution in [2.24, 2.45) is 0 Å². The third kappa shape index (κ3) is 3.76. The molecule has 0 saturated carbocycles. The van der Waals surface area contributed by atoms with Gasteiger partial charge in [-0.15, -0.1) is 0 Å². The highest BCUT2D eigenvalue weighted by molar-refractivity contribution is 5.78. The van der Waals surface area contributed by atoms with Gasteiger partial charge in [0.15, 0.2) is 0 Å². The van der Waals surface area contributed by atoms with Gasteiger partial charge in [-0.2, -0.15) is 0 Å². The van der Waals surface area contributed by atoms with E-state index in [-0.39, 0.29) is 34.9 Å². The molecule has 0 radical (unpaired) electrons. The van der Waals surface area contributed by atoms with Gasteiger partial charge >= 0.3 is 0 Å². The van der Waals surface area contributed by atoms with Crippen molar-refractivity contribution in [2.75, 3.05) is 44.2 Å². The van der Waals surface area contributed by atoms with Gasteiger partial charge in [-0.25, -0.2) is 14.8 Å². The molecule has 1 aromatic carbocycles. The van der Waals surface area contributed by atoms with Crippen molar-refractivity contribution in [3.8, 4) is 0 Å². The van der Waals surface area contributed by atoms with Gasteiger partial charge in [0.2, 0.25) is 5.91 Å². The number of hydrazine groups is 1. The number of piperazine rings is 1. The van der Waals surface area contributed by atoms with Gasteiger partial charge in [-0.3, -0.25) is 14.9 Å². The van der Waals surface area contributed by atoms with Crippen LogP contribution < -0.4 is 10.3 Å². The molecule has 2 fully saturated rings. The SMILES string of the molecule is O=C(CN1NCC2=CC([N+](=O)[O-])=CC[C@@H]21)N1CCN(c2ccc(F)cc2)CC1. The Labute approximate surface area is 162 Å². The van der Waals surface area contributed by atoms with Crippen LogP contribution in [0.4, 0.5) is 10.1 Å². The van der Waals surface area contributed by atoms with Crippen LogP contribution in [-0.4, -0.2) is 66.0 Å². The number of rotatable bonds is 4. The third-order valence-electron chi connectivity index (χ3n) is 5.51. The molecule has 4 rings (SSSR count). The van der Waals surface area contributed by atoms with Crippen molar-refractivity contribution < 1.29 is 14.1 Å². The van der Waals surface area contributed by atoms with E-state index >= 15 is 0 Å². The van der Waals surface area contributed by atoms with Crippen molar-refractivity contribution in [1.29, 1.82) is 0 Å². The normalized spacial score (nSPS) is 22.5. The first-order chi connectivity index (χ1) is 13.5. The Kier molecular flexibility index (Phi) is 5.10. The van der Waals surface area contributed by atoms with E-state index in [9.17, 15) is 19.3 Å². The van der Waals surface area contributed by atoms with Crippen molar-refractivity contribution in [1.82, 2.24) is 15.3 Å². The van der Waals surface area contributed by atoms with Crippen LogP contribution in [0, 0.1) is 15.9 Å². The maximum absolute atomic E-state index is 13.1. The summed E-state index contributed by atoms with van der Waals surface area (Å²) in [7, 11) is 0. The van der Waals surface area contributed by atoms with Gasteiger partial charge in [0.05, 0.1) is 17.5 Å². The molecule has 0 spiro atoms. The van der Waals surface area contributed by atoms with Crippen molar-refractivity contribution in [3.63, 3.8) is 0 Å². The van der Waals surface area contributed by atoms with Crippen molar-refractivity contribution >= 4 is 11.6 Å². The van der Waals surface area contributed by atoms with E-state index in [0.717, 1.165) is 11.3 Å². The number of benzene rings is 1. The number of hydrogen-bond acceptors (Lipinski definition) is 6. The first-order valence-electron chi connectivity index (χ1n) is 9.35. The fraction of sp³-hybridized carbons (Fsp3) is 0.421. The van der Waals surface area contributed by atoms with Gasteiger partial charge in [0, 0.05) is 44.5 Å². The Balaban J connectivity index is 1.30. The standard InChI is InChI=1S/C19H22FN5O3/c20-15-1-3-16(4-2-15)22-7-9-23(10-8-22)19(26)13-24-18-6-5-17(25(27)28)11-14(18)12-21-24/h1-5,11,18,21H,6-10,12-13H2/t18-/m0/s1. The quantitative estimate of drug-likeness (QED) is 0.617. The molecule has 2 heterocycles. The van der Waals surface area contributed by atoms with Gasteiger partial charge in [0.1, 0.15) is 5.82 Å². The summed E-state index contributed by atoms with van der Waals surface area (Å²) in [5.74, 6) is -0.219. The zero-order chi connectivity index (χ0) is 19.7. The number of nitrogens with one attached hydrogen (secondary N) is 1. The number of allylic oxidation sites excluding steroid dienone is 1. The molecule has 2 aliphatic heterocycles. The van der Waals surface area contributed by atoms with Gasteiger partial charge in [-0.05, 0) is 42.3 Å². The van der Waals surface area contributed by atoms with Crippen LogP contribution in [0.1, 0.15) is 6.42 Å². The Morgan fingerprint density at radius 3 is 2.61 bits per heavy atom. The summed E-state index contributed by atoms with van der Waals surface area (Å²) >= 11 is 0. The van der Waals surface area contributed by atoms with Crippen LogP contribution >= 0.6 is 0 Å². The monoisotopic (exact) mass is 387 g/mol. The maximum atomic E-state index is 13.1. The molecule has 148 valence electrons. The minimum absolute atomic E-state index is 0.00634. The number of hydrogen-bond donors (Lipinski definition) is 1. The Hall–Kier alpha value is -2.78. The number of nitro groups is 1. The molecule has 1 aromatic rings. The highest BCUT2D eigenvalue weighted by Gasteiger charge is 2.34. The highest BCUT2D eigenvalue weighted by atomic mass is 19.1. The Morgan fingerprint density at radius 1 is 1.21 bits per heavy atom. The number of amides is 1. The van der Waals surface area contributed by atoms with E-state index in [1.807, 2.05) is 9.91 Å². The highest BCUT2D eigenvalue weighted by Crippen LogP contribution is 2.26. The van der Waals surface area contributed by atoms with Crippen LogP contribution in [0.2, 0.25) is 0 Å². The molecule has 2 saturated heterocycles. The van der Waals surface area contributed by atoms with Crippen molar-refractivity contribution in [2.45, 2.75) is 12.5 Å². The molecule has 0 bridgehead atoms. The second-order valence-electron chi connectivity index (χ2n) is 7.16. The molecule has 0 aromatic heterocycles. The zero-order valence-electron chi connectivity index (χ0n) is 15.4. The predicted molar refractivity (Wildman–Crippen MR) is 101 cm³/mol. The van der Waals surface area contributed by atoms with E-state index in [0.29, 0.717) is 39.1 Å². The van der Waals surface area contributed by atoms with E-state index in [2.05, 4.69) is 10.3 Å². The number of fused-ring (bicyclic) bond motifs is 1. The topological polar surface area (TPSA) is 82.0 Å². The average Bonchev–Trinajstić information content (AvgIpc) is 3.10. The van der Waals surface area contributed by atoms with E-state index in [1.54, 1.807) is 24.3 Å². The molecule has 8 nitrogen and oxygen atoms in total. The van der Waals surface area contributed by atoms with Crippen molar-refractivity contribution in [3.05, 3.63) is 63.6 Å². The van der Waals surface area contributed by atoms with E-state index in [4.69, 9.17) is 0 Å². The number of nitrogens with zero attached hydrogens (tertiary/aromatic N) is 4. The van der Waals surface area contributed by atoms with Gasteiger partial charge < -0.3 is 9.80 Å². The molecule has 9 heteroatoms. The molecule has 28 heavy (non-hydrogen) atoms. The molecular formula is C19H22FN5O3. The number of carbonyl (C=O) groups excluding carboxylic acids is 1. The maximum Gasteiger partial charge on any atom is 0.265 e. The predicted octanol–water partition coefficient (Wildman–Crippen LogP) is 1.15. The smallest absolute Gasteiger partial charge is 0.265 e.